The van der Waals surface area contributed by atoms with E-state index in [2.05, 4.69) is 10.6 Å². The molecule has 1 amide bonds. The second kappa shape index (κ2) is 9.46. The van der Waals surface area contributed by atoms with E-state index in [1.807, 2.05) is 11.8 Å². The highest BCUT2D eigenvalue weighted by molar-refractivity contribution is 5.99. The summed E-state index contributed by atoms with van der Waals surface area (Å²) in [5.74, 6) is -1.62. The fourth-order valence-corrected chi connectivity index (χ4v) is 3.05. The topological polar surface area (TPSA) is 68.2 Å². The standard InChI is InChI=1S/C18H26F2N4O/c1-2-3-4-16(17(12-21)24-7-5-22-6-8-24)18(25)23-15-10-13(19)9-14(20)11-15/h9-10,12,15,21-22H,2-8,11H2,1H3,(H,23,25)/b17-16+,21-12?. The van der Waals surface area contributed by atoms with Gasteiger partial charge in [0.2, 0.25) is 5.91 Å². The summed E-state index contributed by atoms with van der Waals surface area (Å²) in [6.45, 7) is 5.08. The maximum atomic E-state index is 13.4. The highest BCUT2D eigenvalue weighted by atomic mass is 19.1. The first-order valence-corrected chi connectivity index (χ1v) is 8.78. The fraction of sp³-hybridized carbons (Fsp3) is 0.556. The smallest absolute Gasteiger partial charge is 0.249 e. The van der Waals surface area contributed by atoms with Gasteiger partial charge in [0.25, 0.3) is 0 Å². The molecule has 3 N–H and O–H groups in total. The molecule has 2 aliphatic rings. The molecule has 138 valence electrons. The van der Waals surface area contributed by atoms with E-state index in [1.54, 1.807) is 0 Å². The van der Waals surface area contributed by atoms with Crippen molar-refractivity contribution < 1.29 is 13.6 Å². The molecule has 0 spiro atoms. The predicted molar refractivity (Wildman–Crippen MR) is 94.7 cm³/mol. The monoisotopic (exact) mass is 352 g/mol. The number of piperazine rings is 1. The predicted octanol–water partition coefficient (Wildman–Crippen LogP) is 2.58. The Morgan fingerprint density at radius 3 is 2.76 bits per heavy atom. The SMILES string of the molecule is CCCC/C(C(=O)NC1C=C(F)C=C(F)C1)=C(/C=N)N1CCNCC1. The van der Waals surface area contributed by atoms with Gasteiger partial charge in [-0.2, -0.15) is 0 Å². The van der Waals surface area contributed by atoms with Gasteiger partial charge >= 0.3 is 0 Å². The van der Waals surface area contributed by atoms with Crippen LogP contribution in [0.1, 0.15) is 32.6 Å². The Morgan fingerprint density at radius 1 is 1.44 bits per heavy atom. The Hall–Kier alpha value is -2.02. The van der Waals surface area contributed by atoms with Crippen molar-refractivity contribution in [3.8, 4) is 0 Å². The number of carbonyl (C=O) groups excluding carboxylic acids is 1. The summed E-state index contributed by atoms with van der Waals surface area (Å²) in [6, 6.07) is -0.705. The summed E-state index contributed by atoms with van der Waals surface area (Å²) in [5, 5.41) is 13.7. The van der Waals surface area contributed by atoms with Crippen LogP contribution < -0.4 is 10.6 Å². The van der Waals surface area contributed by atoms with Crippen LogP contribution in [0.4, 0.5) is 8.78 Å². The highest BCUT2D eigenvalue weighted by Crippen LogP contribution is 2.21. The number of amides is 1. The molecule has 5 nitrogen and oxygen atoms in total. The Labute approximate surface area is 147 Å². The molecule has 1 aliphatic carbocycles. The molecule has 0 bridgehead atoms. The van der Waals surface area contributed by atoms with E-state index in [4.69, 9.17) is 5.41 Å². The van der Waals surface area contributed by atoms with Crippen LogP contribution in [0.5, 0.6) is 0 Å². The maximum Gasteiger partial charge on any atom is 0.249 e. The van der Waals surface area contributed by atoms with Gasteiger partial charge in [0.05, 0.1) is 11.7 Å². The van der Waals surface area contributed by atoms with Crippen LogP contribution in [0.2, 0.25) is 0 Å². The summed E-state index contributed by atoms with van der Waals surface area (Å²) in [5.41, 5.74) is 1.12. The summed E-state index contributed by atoms with van der Waals surface area (Å²) >= 11 is 0. The zero-order valence-corrected chi connectivity index (χ0v) is 14.6. The number of nitrogens with zero attached hydrogens (tertiary/aromatic N) is 1. The van der Waals surface area contributed by atoms with Gasteiger partial charge in [-0.1, -0.05) is 13.3 Å². The van der Waals surface area contributed by atoms with E-state index in [1.165, 1.54) is 12.3 Å². The van der Waals surface area contributed by atoms with E-state index < -0.39 is 17.7 Å². The minimum Gasteiger partial charge on any atom is -0.367 e. The molecule has 1 fully saturated rings. The zero-order valence-electron chi connectivity index (χ0n) is 14.6. The number of allylic oxidation sites excluding steroid dienone is 3. The van der Waals surface area contributed by atoms with Crippen LogP contribution in [-0.4, -0.2) is 49.2 Å². The van der Waals surface area contributed by atoms with Crippen LogP contribution >= 0.6 is 0 Å². The zero-order chi connectivity index (χ0) is 18.2. The number of halogens is 2. The normalized spacial score (nSPS) is 21.9. The molecule has 1 atom stereocenters. The first-order valence-electron chi connectivity index (χ1n) is 8.78. The lowest BCUT2D eigenvalue weighted by molar-refractivity contribution is -0.118. The van der Waals surface area contributed by atoms with Crippen LogP contribution in [0, 0.1) is 5.41 Å². The van der Waals surface area contributed by atoms with Crippen LogP contribution in [0.15, 0.2) is 35.1 Å². The van der Waals surface area contributed by atoms with Gasteiger partial charge in [-0.3, -0.25) is 4.79 Å². The van der Waals surface area contributed by atoms with Gasteiger partial charge in [0, 0.05) is 50.5 Å². The molecule has 2 rings (SSSR count). The number of carbonyl (C=O) groups is 1. The molecule has 0 aromatic heterocycles. The molecule has 1 heterocycles. The number of hydrogen-bond acceptors (Lipinski definition) is 4. The molecule has 25 heavy (non-hydrogen) atoms. The first-order chi connectivity index (χ1) is 12.0. The quantitative estimate of drug-likeness (QED) is 0.487. The molecule has 1 saturated heterocycles. The number of unbranched alkanes of at least 4 members (excludes halogenated alkanes) is 1. The maximum absolute atomic E-state index is 13.4. The van der Waals surface area contributed by atoms with Crippen molar-refractivity contribution in [2.45, 2.75) is 38.6 Å². The van der Waals surface area contributed by atoms with Crippen molar-refractivity contribution in [3.63, 3.8) is 0 Å². The van der Waals surface area contributed by atoms with E-state index >= 15 is 0 Å². The third-order valence-electron chi connectivity index (χ3n) is 4.34. The lowest BCUT2D eigenvalue weighted by Gasteiger charge is -2.31. The average molecular weight is 352 g/mol. The fourth-order valence-electron chi connectivity index (χ4n) is 3.05. The third kappa shape index (κ3) is 5.49. The number of hydrogen-bond donors (Lipinski definition) is 3. The van der Waals surface area contributed by atoms with Crippen molar-refractivity contribution >= 4 is 12.1 Å². The van der Waals surface area contributed by atoms with Crippen molar-refractivity contribution in [3.05, 3.63) is 35.1 Å². The summed E-state index contributed by atoms with van der Waals surface area (Å²) in [4.78, 5) is 14.8. The van der Waals surface area contributed by atoms with Gasteiger partial charge in [0.1, 0.15) is 11.7 Å². The molecule has 1 aliphatic heterocycles. The van der Waals surface area contributed by atoms with Crippen molar-refractivity contribution in [2.24, 2.45) is 0 Å². The van der Waals surface area contributed by atoms with Crippen molar-refractivity contribution in [1.29, 1.82) is 5.41 Å². The van der Waals surface area contributed by atoms with E-state index in [-0.39, 0.29) is 12.3 Å². The van der Waals surface area contributed by atoms with Crippen LogP contribution in [0.25, 0.3) is 0 Å². The van der Waals surface area contributed by atoms with Gasteiger partial charge in [-0.05, 0) is 18.9 Å². The number of nitrogens with one attached hydrogen (secondary N) is 3. The minimum atomic E-state index is -0.705. The van der Waals surface area contributed by atoms with E-state index in [0.29, 0.717) is 17.7 Å². The molecular formula is C18H26F2N4O. The Morgan fingerprint density at radius 2 is 2.16 bits per heavy atom. The molecule has 0 saturated carbocycles. The van der Waals surface area contributed by atoms with Crippen LogP contribution in [0.3, 0.4) is 0 Å². The molecular weight excluding hydrogens is 326 g/mol. The van der Waals surface area contributed by atoms with Crippen molar-refractivity contribution in [1.82, 2.24) is 15.5 Å². The Bertz CT molecular complexity index is 592. The second-order valence-electron chi connectivity index (χ2n) is 6.28. The Kier molecular flexibility index (Phi) is 7.31. The lowest BCUT2D eigenvalue weighted by Crippen LogP contribution is -2.44. The van der Waals surface area contributed by atoms with Gasteiger partial charge in [-0.25, -0.2) is 8.78 Å². The first kappa shape index (κ1) is 19.3. The van der Waals surface area contributed by atoms with E-state index in [0.717, 1.165) is 45.1 Å². The Balaban J connectivity index is 2.19. The molecule has 7 heteroatoms. The minimum absolute atomic E-state index is 0.0478. The van der Waals surface area contributed by atoms with Crippen molar-refractivity contribution in [2.75, 3.05) is 26.2 Å². The lowest BCUT2D eigenvalue weighted by atomic mass is 10.0. The third-order valence-corrected chi connectivity index (χ3v) is 4.34. The van der Waals surface area contributed by atoms with Gasteiger partial charge in [-0.15, -0.1) is 0 Å². The van der Waals surface area contributed by atoms with Gasteiger partial charge in [0.15, 0.2) is 0 Å². The average Bonchev–Trinajstić information content (AvgIpc) is 2.58. The van der Waals surface area contributed by atoms with Gasteiger partial charge < -0.3 is 20.9 Å². The highest BCUT2D eigenvalue weighted by Gasteiger charge is 2.23. The summed E-state index contributed by atoms with van der Waals surface area (Å²) < 4.78 is 26.8. The molecule has 0 aromatic rings. The van der Waals surface area contributed by atoms with E-state index in [9.17, 15) is 13.6 Å². The molecule has 0 aromatic carbocycles. The van der Waals surface area contributed by atoms with Crippen LogP contribution in [-0.2, 0) is 4.79 Å². The second-order valence-corrected chi connectivity index (χ2v) is 6.28. The number of rotatable bonds is 7. The molecule has 0 radical (unpaired) electrons. The largest absolute Gasteiger partial charge is 0.367 e. The molecule has 1 unspecified atom stereocenters. The summed E-state index contributed by atoms with van der Waals surface area (Å²) in [7, 11) is 0. The summed E-state index contributed by atoms with van der Waals surface area (Å²) in [6.07, 6.45) is 5.48.